The van der Waals surface area contributed by atoms with Gasteiger partial charge < -0.3 is 15.2 Å². The molecule has 322 valence electrons. The van der Waals surface area contributed by atoms with E-state index in [9.17, 15) is 27.6 Å². The number of unbranched alkanes of at least 4 members (excludes halogenated alkanes) is 19. The van der Waals surface area contributed by atoms with E-state index in [2.05, 4.69) is 38.4 Å². The third-order valence-corrected chi connectivity index (χ3v) is 11.5. The lowest BCUT2D eigenvalue weighted by molar-refractivity contribution is -0.166. The minimum atomic E-state index is -4.54. The summed E-state index contributed by atoms with van der Waals surface area (Å²) < 4.78 is 73.6. The van der Waals surface area contributed by atoms with Crippen LogP contribution in [-0.2, 0) is 28.6 Å². The van der Waals surface area contributed by atoms with Gasteiger partial charge in [-0.1, -0.05) is 156 Å². The molecule has 0 bridgehead atoms. The Bertz CT molecular complexity index is 1280. The normalized spacial score (nSPS) is 15.8. The molecule has 1 unspecified atom stereocenters. The van der Waals surface area contributed by atoms with Crippen LogP contribution in [0.25, 0.3) is 0 Å². The number of carbonyl (C=O) groups is 1. The number of allylic oxidation sites excluding steroid dienone is 1. The van der Waals surface area contributed by atoms with Gasteiger partial charge in [-0.3, -0.25) is 18.4 Å². The Morgan fingerprint density at radius 2 is 1.38 bits per heavy atom. The second-order valence-corrected chi connectivity index (χ2v) is 17.1. The van der Waals surface area contributed by atoms with Crippen molar-refractivity contribution in [3.8, 4) is 5.75 Å². The molecule has 1 aromatic rings. The zero-order valence-corrected chi connectivity index (χ0v) is 36.2. The van der Waals surface area contributed by atoms with E-state index >= 15 is 0 Å². The van der Waals surface area contributed by atoms with E-state index in [0.29, 0.717) is 24.1 Å². The van der Waals surface area contributed by atoms with Gasteiger partial charge in [-0.05, 0) is 37.8 Å². The summed E-state index contributed by atoms with van der Waals surface area (Å²) in [5.41, 5.74) is -2.42. The molecule has 1 amide bonds. The number of hydrogen-bond acceptors (Lipinski definition) is 9. The highest BCUT2D eigenvalue weighted by atomic mass is 79.9. The Kier molecular flexibility index (Phi) is 26.4. The fraction of sp³-hybridized carbons (Fsp3) is 0.780. The number of aliphatic hydroxyl groups excluding tert-OH is 1. The van der Waals surface area contributed by atoms with E-state index in [0.717, 1.165) is 70.6 Å². The highest BCUT2D eigenvalue weighted by molar-refractivity contribution is 9.09. The van der Waals surface area contributed by atoms with Crippen molar-refractivity contribution < 1.29 is 45.9 Å². The van der Waals surface area contributed by atoms with Gasteiger partial charge in [-0.25, -0.2) is 4.57 Å². The molecule has 56 heavy (non-hydrogen) atoms. The lowest BCUT2D eigenvalue weighted by Crippen LogP contribution is -2.45. The van der Waals surface area contributed by atoms with Gasteiger partial charge in [0.05, 0.1) is 32.0 Å². The van der Waals surface area contributed by atoms with E-state index in [1.165, 1.54) is 95.6 Å². The number of hydrogen-bond donors (Lipinski definition) is 2. The third kappa shape index (κ3) is 21.3. The first-order valence-corrected chi connectivity index (χ1v) is 23.5. The summed E-state index contributed by atoms with van der Waals surface area (Å²) in [5.74, 6) is 0.331. The molecule has 0 fully saturated rings. The van der Waals surface area contributed by atoms with Crippen LogP contribution in [0.3, 0.4) is 0 Å². The van der Waals surface area contributed by atoms with Crippen molar-refractivity contribution in [3.05, 3.63) is 42.0 Å². The molecule has 1 heterocycles. The summed E-state index contributed by atoms with van der Waals surface area (Å²) in [5, 5.41) is 20.7. The molecule has 1 aliphatic heterocycles. The minimum absolute atomic E-state index is 0.00989. The van der Waals surface area contributed by atoms with Crippen LogP contribution in [0.1, 0.15) is 154 Å². The quantitative estimate of drug-likeness (QED) is 0.0297. The molecule has 1 aliphatic rings. The summed E-state index contributed by atoms with van der Waals surface area (Å²) in [6, 6.07) is 4.93. The molecular formula is C41H68BrF3N3O7P. The van der Waals surface area contributed by atoms with Crippen LogP contribution in [0.2, 0.25) is 0 Å². The maximum Gasteiger partial charge on any atom is 0.474 e. The topological polar surface area (TPSA) is 128 Å². The van der Waals surface area contributed by atoms with Crippen LogP contribution in [0.5, 0.6) is 5.75 Å². The molecule has 0 radical (unpaired) electrons. The van der Waals surface area contributed by atoms with Gasteiger partial charge in [-0.2, -0.15) is 13.2 Å². The van der Waals surface area contributed by atoms with Crippen molar-refractivity contribution in [2.24, 2.45) is 10.2 Å². The number of aliphatic hydroxyl groups is 1. The Hall–Kier alpha value is -1.83. The van der Waals surface area contributed by atoms with Crippen LogP contribution >= 0.6 is 23.8 Å². The Labute approximate surface area is 342 Å². The highest BCUT2D eigenvalue weighted by Crippen LogP contribution is 2.52. The van der Waals surface area contributed by atoms with Crippen molar-refractivity contribution in [2.45, 2.75) is 172 Å². The van der Waals surface area contributed by atoms with Crippen molar-refractivity contribution in [3.63, 3.8) is 0 Å². The Balaban J connectivity index is 1.61. The molecule has 0 aliphatic carbocycles. The lowest BCUT2D eigenvalue weighted by Gasteiger charge is -2.24. The molecule has 0 aromatic heterocycles. The number of phosphoric acid groups is 1. The fourth-order valence-electron chi connectivity index (χ4n) is 6.30. The second-order valence-electron chi connectivity index (χ2n) is 14.5. The smallest absolute Gasteiger partial charge is 0.474 e. The van der Waals surface area contributed by atoms with E-state index < -0.39 is 31.8 Å². The summed E-state index contributed by atoms with van der Waals surface area (Å²) in [7, 11) is -2.61. The number of nitrogens with zero attached hydrogens (tertiary/aromatic N) is 2. The largest absolute Gasteiger partial charge is 0.494 e. The molecule has 2 N–H and O–H groups in total. The van der Waals surface area contributed by atoms with Crippen molar-refractivity contribution >= 4 is 29.7 Å². The minimum Gasteiger partial charge on any atom is -0.494 e. The van der Waals surface area contributed by atoms with E-state index in [4.69, 9.17) is 18.3 Å². The fourth-order valence-corrected chi connectivity index (χ4v) is 7.66. The number of amides is 1. The summed E-state index contributed by atoms with van der Waals surface area (Å²) >= 11 is 3.22. The molecule has 0 saturated carbocycles. The van der Waals surface area contributed by atoms with Gasteiger partial charge in [0.1, 0.15) is 5.75 Å². The first-order chi connectivity index (χ1) is 27.0. The summed E-state index contributed by atoms with van der Waals surface area (Å²) in [6.45, 7) is 2.61. The number of phosphoric ester groups is 1. The van der Waals surface area contributed by atoms with Crippen LogP contribution in [0.4, 0.5) is 13.2 Å². The number of rotatable bonds is 36. The van der Waals surface area contributed by atoms with E-state index in [1.54, 1.807) is 6.08 Å². The number of alkyl halides is 4. The number of halogens is 4. The molecule has 0 saturated heterocycles. The van der Waals surface area contributed by atoms with Gasteiger partial charge in [0, 0.05) is 24.4 Å². The first-order valence-electron chi connectivity index (χ1n) is 20.9. The van der Waals surface area contributed by atoms with Crippen molar-refractivity contribution in [2.75, 3.05) is 32.3 Å². The van der Waals surface area contributed by atoms with Gasteiger partial charge in [-0.15, -0.1) is 10.2 Å². The molecule has 3 atom stereocenters. The summed E-state index contributed by atoms with van der Waals surface area (Å²) in [6.07, 6.45) is 22.0. The van der Waals surface area contributed by atoms with E-state index in [-0.39, 0.29) is 24.7 Å². The number of ether oxygens (including phenoxy) is 1. The second kappa shape index (κ2) is 29.4. The maximum absolute atomic E-state index is 13.2. The predicted molar refractivity (Wildman–Crippen MR) is 219 cm³/mol. The van der Waals surface area contributed by atoms with Crippen molar-refractivity contribution in [1.29, 1.82) is 0 Å². The first kappa shape index (κ1) is 50.3. The van der Waals surface area contributed by atoms with Crippen molar-refractivity contribution in [1.82, 2.24) is 5.32 Å². The van der Waals surface area contributed by atoms with Crippen LogP contribution in [0.15, 0.2) is 46.6 Å². The zero-order chi connectivity index (χ0) is 41.0. The third-order valence-electron chi connectivity index (χ3n) is 9.80. The molecule has 1 aromatic carbocycles. The SMILES string of the molecule is CCCCCCCCCCCCCCCC(=O)N[C@@H](COP(=O)(OC)OCCBr)[C@H](O)/C=C\CCCCCCCCCOc1ccc(C2(C(F)(F)F)N=N2)cc1. The van der Waals surface area contributed by atoms with Gasteiger partial charge in [0.2, 0.25) is 5.91 Å². The monoisotopic (exact) mass is 881 g/mol. The molecular weight excluding hydrogens is 814 g/mol. The zero-order valence-electron chi connectivity index (χ0n) is 33.8. The highest BCUT2D eigenvalue weighted by Gasteiger charge is 2.65. The number of benzene rings is 1. The van der Waals surface area contributed by atoms with Gasteiger partial charge in [0.15, 0.2) is 0 Å². The Morgan fingerprint density at radius 1 is 0.839 bits per heavy atom. The maximum atomic E-state index is 13.2. The van der Waals surface area contributed by atoms with Crippen LogP contribution in [-0.4, -0.2) is 61.6 Å². The average molecular weight is 883 g/mol. The van der Waals surface area contributed by atoms with E-state index in [1.807, 2.05) is 6.08 Å². The molecule has 2 rings (SSSR count). The molecule has 15 heteroatoms. The molecule has 10 nitrogen and oxygen atoms in total. The summed E-state index contributed by atoms with van der Waals surface area (Å²) in [4.78, 5) is 12.8. The van der Waals surface area contributed by atoms with Crippen LogP contribution in [0, 0.1) is 0 Å². The van der Waals surface area contributed by atoms with Gasteiger partial charge >= 0.3 is 19.7 Å². The predicted octanol–water partition coefficient (Wildman–Crippen LogP) is 12.4. The Morgan fingerprint density at radius 3 is 1.89 bits per heavy atom. The lowest BCUT2D eigenvalue weighted by atomic mass is 10.0. The van der Waals surface area contributed by atoms with Crippen LogP contribution < -0.4 is 10.1 Å². The standard InChI is InChI=1S/C41H68BrF3N3O7P/c1-3-4-5-6-7-8-9-10-11-14-17-20-23-26-39(50)46-37(34-55-56(51,52-2)54-33-31-42)38(49)25-22-19-16-13-12-15-18-21-24-32-53-36-29-27-35(28-30-36)40(47-48-40)41(43,44)45/h22,25,27-30,37-38,49H,3-21,23-24,26,31-34H2,1-2H3,(H,46,50)/b25-22-/t37-,38+,56?/m0/s1. The number of nitrogens with one attached hydrogen (secondary N) is 1. The number of carbonyl (C=O) groups excluding carboxylic acids is 1. The molecule has 0 spiro atoms. The average Bonchev–Trinajstić information content (AvgIpc) is 4.01. The van der Waals surface area contributed by atoms with Gasteiger partial charge in [0.25, 0.3) is 0 Å².